The second kappa shape index (κ2) is 7.18. The summed E-state index contributed by atoms with van der Waals surface area (Å²) in [6.07, 6.45) is 1.58. The topological polar surface area (TPSA) is 64.7 Å². The highest BCUT2D eigenvalue weighted by atomic mass is 32.2. The molecule has 0 saturated heterocycles. The Bertz CT molecular complexity index is 1250. The molecule has 5 aromatic rings. The fourth-order valence-electron chi connectivity index (χ4n) is 2.90. The van der Waals surface area contributed by atoms with Gasteiger partial charge in [-0.25, -0.2) is 9.97 Å². The van der Waals surface area contributed by atoms with Crippen LogP contribution < -0.4 is 0 Å². The van der Waals surface area contributed by atoms with Gasteiger partial charge in [-0.2, -0.15) is 0 Å². The number of fused-ring (bicyclic) bond motifs is 1. The average Bonchev–Trinajstić information content (AvgIpc) is 3.37. The van der Waals surface area contributed by atoms with Crippen molar-refractivity contribution >= 4 is 33.3 Å². The second-order valence-electron chi connectivity index (χ2n) is 6.22. The summed E-state index contributed by atoms with van der Waals surface area (Å²) in [5.41, 5.74) is 4.34. The highest BCUT2D eigenvalue weighted by Gasteiger charge is 2.17. The summed E-state index contributed by atoms with van der Waals surface area (Å²) >= 11 is 2.97. The van der Waals surface area contributed by atoms with Crippen LogP contribution in [0.15, 0.2) is 81.0 Å². The lowest BCUT2D eigenvalue weighted by atomic mass is 10.1. The van der Waals surface area contributed by atoms with Crippen LogP contribution in [-0.2, 0) is 0 Å². The minimum atomic E-state index is 0.459. The zero-order valence-corrected chi connectivity index (χ0v) is 16.5. The van der Waals surface area contributed by atoms with Crippen LogP contribution in [0.25, 0.3) is 32.8 Å². The van der Waals surface area contributed by atoms with Gasteiger partial charge in [0.05, 0.1) is 5.39 Å². The lowest BCUT2D eigenvalue weighted by Gasteiger charge is -2.03. The van der Waals surface area contributed by atoms with Gasteiger partial charge in [0.2, 0.25) is 5.89 Å². The number of benzene rings is 2. The molecule has 0 fully saturated rings. The van der Waals surface area contributed by atoms with Crippen LogP contribution in [0.1, 0.15) is 5.56 Å². The van der Waals surface area contributed by atoms with E-state index in [0.29, 0.717) is 11.1 Å². The molecule has 28 heavy (non-hydrogen) atoms. The molecule has 0 aliphatic carbocycles. The quantitative estimate of drug-likeness (QED) is 0.350. The largest absolute Gasteiger partial charge is 0.411 e. The molecule has 7 heteroatoms. The first-order chi connectivity index (χ1) is 13.8. The summed E-state index contributed by atoms with van der Waals surface area (Å²) < 4.78 is 5.87. The molecule has 0 spiro atoms. The first kappa shape index (κ1) is 17.1. The lowest BCUT2D eigenvalue weighted by molar-refractivity contribution is 0.465. The van der Waals surface area contributed by atoms with Crippen molar-refractivity contribution in [1.82, 2.24) is 20.2 Å². The zero-order valence-electron chi connectivity index (χ0n) is 14.9. The Hall–Kier alpha value is -3.03. The summed E-state index contributed by atoms with van der Waals surface area (Å²) in [6.45, 7) is 2.05. The van der Waals surface area contributed by atoms with Crippen LogP contribution in [0, 0.1) is 6.92 Å². The molecule has 3 aromatic heterocycles. The summed E-state index contributed by atoms with van der Waals surface area (Å²) in [6, 6.07) is 18.3. The van der Waals surface area contributed by atoms with Crippen LogP contribution in [0.5, 0.6) is 0 Å². The van der Waals surface area contributed by atoms with Crippen molar-refractivity contribution in [2.75, 3.05) is 0 Å². The second-order valence-corrected chi connectivity index (χ2v) is 8.01. The van der Waals surface area contributed by atoms with E-state index in [-0.39, 0.29) is 0 Å². The molecule has 0 saturated carbocycles. The van der Waals surface area contributed by atoms with Gasteiger partial charge in [-0.3, -0.25) is 0 Å². The van der Waals surface area contributed by atoms with Crippen LogP contribution in [-0.4, -0.2) is 20.2 Å². The van der Waals surface area contributed by atoms with Crippen molar-refractivity contribution in [1.29, 1.82) is 0 Å². The Balaban J connectivity index is 1.52. The molecule has 5 rings (SSSR count). The first-order valence-electron chi connectivity index (χ1n) is 8.64. The Morgan fingerprint density at radius 1 is 0.893 bits per heavy atom. The maximum atomic E-state index is 5.87. The van der Waals surface area contributed by atoms with E-state index >= 15 is 0 Å². The van der Waals surface area contributed by atoms with Gasteiger partial charge in [0, 0.05) is 16.5 Å². The molecule has 0 aliphatic rings. The first-order valence-corrected chi connectivity index (χ1v) is 10.3. The molecule has 5 nitrogen and oxygen atoms in total. The number of thiophene rings is 1. The molecule has 2 aromatic carbocycles. The third-order valence-electron chi connectivity index (χ3n) is 4.31. The summed E-state index contributed by atoms with van der Waals surface area (Å²) in [5, 5.41) is 12.8. The normalized spacial score (nSPS) is 11.2. The Kier molecular flexibility index (Phi) is 4.38. The van der Waals surface area contributed by atoms with E-state index in [4.69, 9.17) is 4.42 Å². The monoisotopic (exact) mass is 402 g/mol. The van der Waals surface area contributed by atoms with E-state index in [1.165, 1.54) is 17.3 Å². The minimum absolute atomic E-state index is 0.459. The predicted molar refractivity (Wildman–Crippen MR) is 111 cm³/mol. The molecule has 0 amide bonds. The van der Waals surface area contributed by atoms with Crippen LogP contribution >= 0.6 is 23.1 Å². The maximum absolute atomic E-state index is 5.87. The van der Waals surface area contributed by atoms with E-state index in [9.17, 15) is 0 Å². The van der Waals surface area contributed by atoms with Crippen LogP contribution in [0.2, 0.25) is 0 Å². The van der Waals surface area contributed by atoms with Crippen molar-refractivity contribution in [2.45, 2.75) is 17.2 Å². The van der Waals surface area contributed by atoms with Crippen molar-refractivity contribution in [3.8, 4) is 22.6 Å². The van der Waals surface area contributed by atoms with Crippen molar-refractivity contribution < 1.29 is 4.42 Å². The Labute approximate surface area is 169 Å². The summed E-state index contributed by atoms with van der Waals surface area (Å²) in [4.78, 5) is 9.84. The van der Waals surface area contributed by atoms with E-state index in [0.717, 1.165) is 31.9 Å². The SMILES string of the molecule is Cc1ccc(-c2nnc(Sc3ncnc4scc(-c5ccccc5)c34)o2)cc1. The Morgan fingerprint density at radius 2 is 1.71 bits per heavy atom. The van der Waals surface area contributed by atoms with E-state index in [1.54, 1.807) is 17.7 Å². The number of nitrogens with zero attached hydrogens (tertiary/aromatic N) is 4. The van der Waals surface area contributed by atoms with Gasteiger partial charge in [0.25, 0.3) is 5.22 Å². The molecule has 0 radical (unpaired) electrons. The van der Waals surface area contributed by atoms with Gasteiger partial charge in [-0.05, 0) is 36.4 Å². The van der Waals surface area contributed by atoms with Gasteiger partial charge in [0.1, 0.15) is 16.2 Å². The fourth-order valence-corrected chi connectivity index (χ4v) is 4.66. The molecule has 136 valence electrons. The lowest BCUT2D eigenvalue weighted by Crippen LogP contribution is -1.86. The smallest absolute Gasteiger partial charge is 0.283 e. The minimum Gasteiger partial charge on any atom is -0.411 e. The number of aromatic nitrogens is 4. The highest BCUT2D eigenvalue weighted by molar-refractivity contribution is 7.99. The number of hydrogen-bond donors (Lipinski definition) is 0. The van der Waals surface area contributed by atoms with Crippen molar-refractivity contribution in [3.05, 3.63) is 71.9 Å². The maximum Gasteiger partial charge on any atom is 0.283 e. The predicted octanol–water partition coefficient (Wildman–Crippen LogP) is 5.87. The molecule has 0 aliphatic heterocycles. The van der Waals surface area contributed by atoms with E-state index in [1.807, 2.05) is 49.4 Å². The third-order valence-corrected chi connectivity index (χ3v) is 6.04. The molecule has 0 atom stereocenters. The average molecular weight is 403 g/mol. The molecule has 3 heterocycles. The Morgan fingerprint density at radius 3 is 2.54 bits per heavy atom. The van der Waals surface area contributed by atoms with Gasteiger partial charge in [-0.1, -0.05) is 48.0 Å². The van der Waals surface area contributed by atoms with Gasteiger partial charge in [-0.15, -0.1) is 21.5 Å². The van der Waals surface area contributed by atoms with Crippen molar-refractivity contribution in [2.24, 2.45) is 0 Å². The van der Waals surface area contributed by atoms with Crippen LogP contribution in [0.4, 0.5) is 0 Å². The van der Waals surface area contributed by atoms with Gasteiger partial charge < -0.3 is 4.42 Å². The van der Waals surface area contributed by atoms with Gasteiger partial charge in [0.15, 0.2) is 0 Å². The number of rotatable bonds is 4. The van der Waals surface area contributed by atoms with Gasteiger partial charge >= 0.3 is 0 Å². The molecular weight excluding hydrogens is 388 g/mol. The van der Waals surface area contributed by atoms with Crippen LogP contribution in [0.3, 0.4) is 0 Å². The number of hydrogen-bond acceptors (Lipinski definition) is 7. The number of aryl methyl sites for hydroxylation is 1. The van der Waals surface area contributed by atoms with E-state index < -0.39 is 0 Å². The molecule has 0 unspecified atom stereocenters. The zero-order chi connectivity index (χ0) is 18.9. The third kappa shape index (κ3) is 3.19. The standard InChI is InChI=1S/C21H14N4OS2/c1-13-7-9-15(10-8-13)18-24-25-21(26-18)28-20-17-16(14-5-3-2-4-6-14)11-27-19(17)22-12-23-20/h2-12H,1H3. The summed E-state index contributed by atoms with van der Waals surface area (Å²) in [7, 11) is 0. The molecule has 0 bridgehead atoms. The summed E-state index contributed by atoms with van der Waals surface area (Å²) in [5.74, 6) is 0.501. The van der Waals surface area contributed by atoms with Crippen molar-refractivity contribution in [3.63, 3.8) is 0 Å². The molecule has 0 N–H and O–H groups in total. The van der Waals surface area contributed by atoms with E-state index in [2.05, 4.69) is 37.7 Å². The highest BCUT2D eigenvalue weighted by Crippen LogP contribution is 2.40. The molecular formula is C21H14N4OS2. The fraction of sp³-hybridized carbons (Fsp3) is 0.0476.